The molecule has 0 radical (unpaired) electrons. The number of aryl methyl sites for hydroxylation is 1. The van der Waals surface area contributed by atoms with Crippen LogP contribution in [0.25, 0.3) is 0 Å². The highest BCUT2D eigenvalue weighted by Gasteiger charge is 2.19. The maximum absolute atomic E-state index is 11.5. The maximum atomic E-state index is 11.5. The molecule has 20 heavy (non-hydrogen) atoms. The van der Waals surface area contributed by atoms with Crippen LogP contribution >= 0.6 is 12.2 Å². The van der Waals surface area contributed by atoms with Gasteiger partial charge in [0.15, 0.2) is 0 Å². The zero-order valence-electron chi connectivity index (χ0n) is 12.1. The summed E-state index contributed by atoms with van der Waals surface area (Å²) in [7, 11) is 0. The number of thiocarbonyl (C=S) groups is 1. The number of carbonyl (C=O) groups is 1. The van der Waals surface area contributed by atoms with Gasteiger partial charge in [-0.3, -0.25) is 4.79 Å². The molecule has 1 amide bonds. The van der Waals surface area contributed by atoms with Crippen molar-refractivity contribution in [3.05, 3.63) is 29.3 Å². The van der Waals surface area contributed by atoms with Crippen LogP contribution in [0.1, 0.15) is 24.5 Å². The fraction of sp³-hybridized carbons (Fsp3) is 0.467. The Morgan fingerprint density at radius 1 is 1.25 bits per heavy atom. The van der Waals surface area contributed by atoms with Crippen molar-refractivity contribution in [3.63, 3.8) is 0 Å². The van der Waals surface area contributed by atoms with E-state index in [1.54, 1.807) is 6.92 Å². The maximum Gasteiger partial charge on any atom is 0.219 e. The third kappa shape index (κ3) is 3.28. The molecule has 1 aliphatic rings. The molecule has 0 aromatic heterocycles. The van der Waals surface area contributed by atoms with Crippen molar-refractivity contribution >= 4 is 28.8 Å². The number of carbonyl (C=O) groups excluding carboxylic acids is 1. The fourth-order valence-corrected chi connectivity index (χ4v) is 2.76. The molecule has 5 heteroatoms. The molecule has 0 bridgehead atoms. The molecule has 0 unspecified atom stereocenters. The first-order valence-electron chi connectivity index (χ1n) is 6.90. The fourth-order valence-electron chi connectivity index (χ4n) is 2.60. The predicted octanol–water partition coefficient (Wildman–Crippen LogP) is 1.69. The highest BCUT2D eigenvalue weighted by Crippen LogP contribution is 2.23. The number of hydrogen-bond donors (Lipinski definition) is 1. The number of hydrogen-bond acceptors (Lipinski definition) is 3. The number of nitrogens with two attached hydrogens (primary N) is 1. The molecule has 1 saturated heterocycles. The number of nitrogens with zero attached hydrogens (tertiary/aromatic N) is 2. The van der Waals surface area contributed by atoms with Crippen molar-refractivity contribution in [2.24, 2.45) is 5.73 Å². The lowest BCUT2D eigenvalue weighted by atomic mass is 10.1. The van der Waals surface area contributed by atoms with Crippen molar-refractivity contribution in [1.82, 2.24) is 4.90 Å². The minimum atomic E-state index is 0.144. The molecule has 0 spiro atoms. The van der Waals surface area contributed by atoms with Gasteiger partial charge in [-0.25, -0.2) is 0 Å². The number of rotatable bonds is 2. The monoisotopic (exact) mass is 291 g/mol. The van der Waals surface area contributed by atoms with Crippen LogP contribution in [-0.4, -0.2) is 42.0 Å². The summed E-state index contributed by atoms with van der Waals surface area (Å²) >= 11 is 5.16. The van der Waals surface area contributed by atoms with Gasteiger partial charge < -0.3 is 15.5 Å². The van der Waals surface area contributed by atoms with Gasteiger partial charge in [0.1, 0.15) is 4.99 Å². The highest BCUT2D eigenvalue weighted by molar-refractivity contribution is 7.80. The van der Waals surface area contributed by atoms with Crippen molar-refractivity contribution < 1.29 is 4.79 Å². The average molecular weight is 291 g/mol. The highest BCUT2D eigenvalue weighted by atomic mass is 32.1. The summed E-state index contributed by atoms with van der Waals surface area (Å²) in [5.74, 6) is 0.144. The smallest absolute Gasteiger partial charge is 0.219 e. The molecule has 0 saturated carbocycles. The summed E-state index contributed by atoms with van der Waals surface area (Å²) < 4.78 is 0. The summed E-state index contributed by atoms with van der Waals surface area (Å²) in [6.45, 7) is 6.97. The third-order valence-electron chi connectivity index (χ3n) is 3.70. The van der Waals surface area contributed by atoms with E-state index in [1.165, 1.54) is 0 Å². The summed E-state index contributed by atoms with van der Waals surface area (Å²) in [6.07, 6.45) is 0.963. The molecule has 2 rings (SSSR count). The molecule has 1 fully saturated rings. The van der Waals surface area contributed by atoms with Gasteiger partial charge in [0.2, 0.25) is 5.91 Å². The van der Waals surface area contributed by atoms with Crippen LogP contribution in [0, 0.1) is 6.92 Å². The van der Waals surface area contributed by atoms with Crippen LogP contribution in [0.4, 0.5) is 5.69 Å². The van der Waals surface area contributed by atoms with E-state index >= 15 is 0 Å². The molecule has 1 aliphatic heterocycles. The van der Waals surface area contributed by atoms with Crippen LogP contribution < -0.4 is 10.6 Å². The molecule has 0 aliphatic carbocycles. The summed E-state index contributed by atoms with van der Waals surface area (Å²) in [6, 6.07) is 6.18. The Balaban J connectivity index is 2.23. The molecule has 1 heterocycles. The largest absolute Gasteiger partial charge is 0.389 e. The van der Waals surface area contributed by atoms with Crippen molar-refractivity contribution in [3.8, 4) is 0 Å². The lowest BCUT2D eigenvalue weighted by molar-refractivity contribution is -0.128. The van der Waals surface area contributed by atoms with Gasteiger partial charge in [0.05, 0.1) is 0 Å². The minimum absolute atomic E-state index is 0.144. The van der Waals surface area contributed by atoms with Crippen molar-refractivity contribution in [1.29, 1.82) is 0 Å². The lowest BCUT2D eigenvalue weighted by Crippen LogP contribution is -2.34. The second-order valence-corrected chi connectivity index (χ2v) is 5.67. The lowest BCUT2D eigenvalue weighted by Gasteiger charge is -2.25. The van der Waals surface area contributed by atoms with Crippen molar-refractivity contribution in [2.75, 3.05) is 31.1 Å². The standard InChI is InChI=1S/C15H21N3OS/c1-11-4-5-14(13(10-11)15(16)20)18-7-3-6-17(8-9-18)12(2)19/h4-5,10H,3,6-9H2,1-2H3,(H2,16,20). The molecule has 108 valence electrons. The molecule has 2 N–H and O–H groups in total. The van der Waals surface area contributed by atoms with E-state index in [2.05, 4.69) is 17.0 Å². The minimum Gasteiger partial charge on any atom is -0.389 e. The van der Waals surface area contributed by atoms with Crippen LogP contribution in [0.5, 0.6) is 0 Å². The van der Waals surface area contributed by atoms with Gasteiger partial charge in [-0.1, -0.05) is 23.8 Å². The molecule has 4 nitrogen and oxygen atoms in total. The van der Waals surface area contributed by atoms with Gasteiger partial charge in [-0.05, 0) is 25.5 Å². The topological polar surface area (TPSA) is 49.6 Å². The van der Waals surface area contributed by atoms with E-state index in [1.807, 2.05) is 17.9 Å². The van der Waals surface area contributed by atoms with Gasteiger partial charge in [0.25, 0.3) is 0 Å². The predicted molar refractivity (Wildman–Crippen MR) is 86.2 cm³/mol. The molecular weight excluding hydrogens is 270 g/mol. The third-order valence-corrected chi connectivity index (χ3v) is 3.92. The summed E-state index contributed by atoms with van der Waals surface area (Å²) in [5.41, 5.74) is 9.00. The van der Waals surface area contributed by atoms with E-state index in [4.69, 9.17) is 18.0 Å². The molecule has 1 aromatic carbocycles. The zero-order valence-corrected chi connectivity index (χ0v) is 12.9. The normalized spacial score (nSPS) is 15.9. The first kappa shape index (κ1) is 14.8. The average Bonchev–Trinajstić information content (AvgIpc) is 2.64. The zero-order chi connectivity index (χ0) is 14.7. The van der Waals surface area contributed by atoms with E-state index in [-0.39, 0.29) is 5.91 Å². The Hall–Kier alpha value is -1.62. The Kier molecular flexibility index (Phi) is 4.60. The second-order valence-electron chi connectivity index (χ2n) is 5.23. The van der Waals surface area contributed by atoms with Gasteiger partial charge in [0, 0.05) is 44.4 Å². The Morgan fingerprint density at radius 2 is 2.00 bits per heavy atom. The first-order chi connectivity index (χ1) is 9.49. The van der Waals surface area contributed by atoms with E-state index in [0.717, 1.165) is 49.4 Å². The van der Waals surface area contributed by atoms with Gasteiger partial charge in [-0.2, -0.15) is 0 Å². The van der Waals surface area contributed by atoms with E-state index in [9.17, 15) is 4.79 Å². The van der Waals surface area contributed by atoms with Crippen LogP contribution in [0.2, 0.25) is 0 Å². The van der Waals surface area contributed by atoms with Crippen LogP contribution in [0.3, 0.4) is 0 Å². The Bertz CT molecular complexity index is 530. The van der Waals surface area contributed by atoms with Crippen LogP contribution in [0.15, 0.2) is 18.2 Å². The molecule has 1 aromatic rings. The van der Waals surface area contributed by atoms with Crippen molar-refractivity contribution in [2.45, 2.75) is 20.3 Å². The van der Waals surface area contributed by atoms with Gasteiger partial charge >= 0.3 is 0 Å². The quantitative estimate of drug-likeness (QED) is 0.843. The summed E-state index contributed by atoms with van der Waals surface area (Å²) in [4.78, 5) is 16.1. The second kappa shape index (κ2) is 6.22. The summed E-state index contributed by atoms with van der Waals surface area (Å²) in [5, 5.41) is 0. The first-order valence-corrected chi connectivity index (χ1v) is 7.31. The van der Waals surface area contributed by atoms with Crippen LogP contribution in [-0.2, 0) is 4.79 Å². The van der Waals surface area contributed by atoms with E-state index in [0.29, 0.717) is 4.99 Å². The SMILES string of the molecule is CC(=O)N1CCCN(c2ccc(C)cc2C(N)=S)CC1. The Labute approximate surface area is 125 Å². The van der Waals surface area contributed by atoms with Gasteiger partial charge in [-0.15, -0.1) is 0 Å². The number of amides is 1. The molecule has 0 atom stereocenters. The molecular formula is C15H21N3OS. The number of anilines is 1. The number of benzene rings is 1. The van der Waals surface area contributed by atoms with E-state index < -0.39 is 0 Å². The Morgan fingerprint density at radius 3 is 2.65 bits per heavy atom.